The third-order valence-corrected chi connectivity index (χ3v) is 21.1. The number of nitrogens with zero attached hydrogens (tertiary/aromatic N) is 1. The van der Waals surface area contributed by atoms with E-state index in [0.717, 1.165) is 19.6 Å². The molecule has 0 aliphatic heterocycles. The molecule has 0 bridgehead atoms. The van der Waals surface area contributed by atoms with Crippen molar-refractivity contribution in [2.45, 2.75) is 98.8 Å². The average molecular weight is 547 g/mol. The summed E-state index contributed by atoms with van der Waals surface area (Å²) in [6.45, 7) is 17.0. The summed E-state index contributed by atoms with van der Waals surface area (Å²) in [6.07, 6.45) is 10.9. The van der Waals surface area contributed by atoms with Crippen LogP contribution in [0, 0.1) is 11.5 Å². The van der Waals surface area contributed by atoms with Gasteiger partial charge in [-0.05, 0) is 0 Å². The van der Waals surface area contributed by atoms with Gasteiger partial charge in [-0.1, -0.05) is 0 Å². The van der Waals surface area contributed by atoms with Crippen LogP contribution in [0.1, 0.15) is 64.9 Å². The second-order valence-electron chi connectivity index (χ2n) is 10.3. The molecule has 0 atom stereocenters. The van der Waals surface area contributed by atoms with Gasteiger partial charge in [-0.15, -0.1) is 0 Å². The molecule has 174 valence electrons. The molecule has 1 aromatic carbocycles. The van der Waals surface area contributed by atoms with Gasteiger partial charge >= 0.3 is 201 Å². The molecule has 31 heavy (non-hydrogen) atoms. The fraction of sp³-hybridized carbons (Fsp3) is 0.643. The summed E-state index contributed by atoms with van der Waals surface area (Å²) in [7, 11) is -1.32. The molecule has 0 saturated heterocycles. The van der Waals surface area contributed by atoms with Crippen LogP contribution < -0.4 is 0 Å². The summed E-state index contributed by atoms with van der Waals surface area (Å²) in [5, 5.41) is 0. The molecule has 0 heterocycles. The van der Waals surface area contributed by atoms with Crippen molar-refractivity contribution >= 4 is 26.5 Å². The number of unbranched alkanes of at least 4 members (excludes halogenated alkanes) is 3. The Morgan fingerprint density at radius 2 is 1.42 bits per heavy atom. The van der Waals surface area contributed by atoms with Crippen LogP contribution >= 0.6 is 0 Å². The Bertz CT molecular complexity index is 644. The van der Waals surface area contributed by atoms with Crippen molar-refractivity contribution < 1.29 is 0 Å². The Morgan fingerprint density at radius 1 is 0.871 bits per heavy atom. The fourth-order valence-electron chi connectivity index (χ4n) is 4.11. The normalized spacial score (nSPS) is 12.4. The van der Waals surface area contributed by atoms with Crippen molar-refractivity contribution in [2.75, 3.05) is 13.1 Å². The molecule has 0 aliphatic carbocycles. The van der Waals surface area contributed by atoms with Crippen molar-refractivity contribution in [1.29, 1.82) is 0 Å². The van der Waals surface area contributed by atoms with Gasteiger partial charge in [0.15, 0.2) is 0 Å². The van der Waals surface area contributed by atoms with Gasteiger partial charge in [0.25, 0.3) is 0 Å². The second-order valence-corrected chi connectivity index (χ2v) is 28.0. The summed E-state index contributed by atoms with van der Waals surface area (Å²) in [5.74, 6) is 3.52. The molecule has 3 heteroatoms. The first-order valence-electron chi connectivity index (χ1n) is 12.8. The van der Waals surface area contributed by atoms with E-state index in [1.165, 1.54) is 44.1 Å². The molecule has 0 aliphatic rings. The van der Waals surface area contributed by atoms with Crippen LogP contribution in [0.25, 0.3) is 0 Å². The van der Waals surface area contributed by atoms with Gasteiger partial charge in [0, 0.05) is 0 Å². The Labute approximate surface area is 200 Å². The maximum atomic E-state index is 3.56. The summed E-state index contributed by atoms with van der Waals surface area (Å²) in [4.78, 5) is 2.54. The van der Waals surface area contributed by atoms with E-state index in [2.05, 4.69) is 97.3 Å². The van der Waals surface area contributed by atoms with Crippen LogP contribution in [0.4, 0.5) is 0 Å². The van der Waals surface area contributed by atoms with Gasteiger partial charge in [0.05, 0.1) is 0 Å². The first-order valence-corrected chi connectivity index (χ1v) is 24.0. The van der Waals surface area contributed by atoms with Gasteiger partial charge < -0.3 is 0 Å². The van der Waals surface area contributed by atoms with Crippen molar-refractivity contribution in [2.24, 2.45) is 0 Å². The van der Waals surface area contributed by atoms with Crippen LogP contribution in [0.5, 0.6) is 0 Å². The van der Waals surface area contributed by atoms with E-state index in [1.807, 2.05) is 0 Å². The predicted octanol–water partition coefficient (Wildman–Crippen LogP) is 8.31. The van der Waals surface area contributed by atoms with Crippen LogP contribution in [0.15, 0.2) is 40.5 Å². The number of rotatable bonds is 15. The topological polar surface area (TPSA) is 3.24 Å². The molecule has 0 saturated carbocycles. The van der Waals surface area contributed by atoms with Crippen molar-refractivity contribution in [3.05, 3.63) is 46.1 Å². The van der Waals surface area contributed by atoms with Crippen molar-refractivity contribution in [3.8, 4) is 11.5 Å². The van der Waals surface area contributed by atoms with Crippen LogP contribution in [-0.4, -0.2) is 44.4 Å². The summed E-state index contributed by atoms with van der Waals surface area (Å²) >= 11 is -2.19. The summed E-state index contributed by atoms with van der Waals surface area (Å²) in [5.41, 5.74) is 4.96. The Hall–Kier alpha value is -0.504. The summed E-state index contributed by atoms with van der Waals surface area (Å²) < 4.78 is 7.47. The Balaban J connectivity index is 2.96. The van der Waals surface area contributed by atoms with Gasteiger partial charge in [0.1, 0.15) is 0 Å². The van der Waals surface area contributed by atoms with E-state index in [0.29, 0.717) is 0 Å². The Morgan fingerprint density at radius 3 is 1.90 bits per heavy atom. The molecule has 1 nitrogen and oxygen atoms in total. The van der Waals surface area contributed by atoms with Gasteiger partial charge in [-0.3, -0.25) is 0 Å². The number of benzene rings is 1. The third-order valence-electron chi connectivity index (χ3n) is 5.93. The molecule has 0 amide bonds. The quantitative estimate of drug-likeness (QED) is 0.158. The first kappa shape index (κ1) is 28.5. The van der Waals surface area contributed by atoms with Gasteiger partial charge in [-0.25, -0.2) is 0 Å². The van der Waals surface area contributed by atoms with Crippen LogP contribution in [0.2, 0.25) is 33.0 Å². The molecule has 0 unspecified atom stereocenters. The SMILES string of the molecule is CCC[CH2][Sn](/[CH]=C/CN(CC#C[Si](C)(C)C)Cc1ccccc1)([CH2]CCC)[CH2]CCC. The first-order chi connectivity index (χ1) is 14.8. The molecular weight excluding hydrogens is 497 g/mol. The minimum absolute atomic E-state index is 0.880. The molecule has 0 N–H and O–H groups in total. The molecule has 1 rings (SSSR count). The third kappa shape index (κ3) is 13.6. The minimum atomic E-state index is -2.19. The molecular formula is C28H49NSiSn. The van der Waals surface area contributed by atoms with E-state index < -0.39 is 26.5 Å². The maximum absolute atomic E-state index is 3.56. The standard InChI is InChI=1S/C16H22NSi.3C4H9.Sn/c1-5-12-17(13-9-14-18(2,3)4)15-16-10-7-6-8-11-16;3*1-3-4-2;/h1,5-8,10-11H,12-13,15H2,2-4H3;3*1,3-4H2,2H3;. The van der Waals surface area contributed by atoms with Gasteiger partial charge in [0.2, 0.25) is 0 Å². The zero-order chi connectivity index (χ0) is 23.0. The van der Waals surface area contributed by atoms with E-state index in [9.17, 15) is 0 Å². The van der Waals surface area contributed by atoms with Crippen LogP contribution in [0.3, 0.4) is 0 Å². The average Bonchev–Trinajstić information content (AvgIpc) is 2.74. The Kier molecular flexibility index (Phi) is 14.9. The molecule has 0 aromatic heterocycles. The zero-order valence-corrected chi connectivity index (χ0v) is 25.3. The molecule has 0 spiro atoms. The summed E-state index contributed by atoms with van der Waals surface area (Å²) in [6, 6.07) is 10.9. The van der Waals surface area contributed by atoms with Crippen LogP contribution in [-0.2, 0) is 6.54 Å². The van der Waals surface area contributed by atoms with E-state index >= 15 is 0 Å². The number of hydrogen-bond donors (Lipinski definition) is 0. The second kappa shape index (κ2) is 16.2. The van der Waals surface area contributed by atoms with Gasteiger partial charge in [-0.2, -0.15) is 0 Å². The molecule has 0 fully saturated rings. The van der Waals surface area contributed by atoms with Crippen molar-refractivity contribution in [1.82, 2.24) is 4.90 Å². The zero-order valence-electron chi connectivity index (χ0n) is 21.5. The molecule has 1 aromatic rings. The van der Waals surface area contributed by atoms with E-state index in [-0.39, 0.29) is 0 Å². The number of hydrogen-bond acceptors (Lipinski definition) is 1. The molecule has 0 radical (unpaired) electrons. The van der Waals surface area contributed by atoms with E-state index in [1.54, 1.807) is 13.3 Å². The predicted molar refractivity (Wildman–Crippen MR) is 147 cm³/mol. The fourth-order valence-corrected chi connectivity index (χ4v) is 19.1. The monoisotopic (exact) mass is 547 g/mol. The van der Waals surface area contributed by atoms with Crippen molar-refractivity contribution in [3.63, 3.8) is 0 Å². The van der Waals surface area contributed by atoms with E-state index in [4.69, 9.17) is 0 Å².